The molecule has 22 heavy (non-hydrogen) atoms. The lowest BCUT2D eigenvalue weighted by Gasteiger charge is -2.25. The van der Waals surface area contributed by atoms with Crippen molar-refractivity contribution in [2.75, 3.05) is 12.4 Å². The number of amides is 1. The first-order valence-corrected chi connectivity index (χ1v) is 6.79. The second-order valence-electron chi connectivity index (χ2n) is 5.25. The number of aryl methyl sites for hydroxylation is 2. The molecular weight excluding hydrogens is 292 g/mol. The van der Waals surface area contributed by atoms with E-state index in [1.54, 1.807) is 14.0 Å². The number of anilines is 1. The van der Waals surface area contributed by atoms with Crippen molar-refractivity contribution in [3.8, 4) is 5.75 Å². The van der Waals surface area contributed by atoms with E-state index in [9.17, 15) is 13.6 Å². The standard InChI is InChI=1S/C15H15F2N3O2/c1-7-12-8(6-11(21)18-15(12)20(2)19-7)13-10(22-3)5-4-9(16)14(13)17/h4-5,8H,6H2,1-3H3,(H,18,21). The van der Waals surface area contributed by atoms with E-state index in [1.807, 2.05) is 0 Å². The Morgan fingerprint density at radius 3 is 2.77 bits per heavy atom. The maximum Gasteiger partial charge on any atom is 0.226 e. The fourth-order valence-electron chi connectivity index (χ4n) is 3.01. The molecule has 116 valence electrons. The highest BCUT2D eigenvalue weighted by Gasteiger charge is 2.35. The molecule has 1 atom stereocenters. The number of halogens is 2. The first kappa shape index (κ1) is 14.5. The van der Waals surface area contributed by atoms with Crippen LogP contribution in [0.2, 0.25) is 0 Å². The molecule has 1 aliphatic heterocycles. The maximum absolute atomic E-state index is 14.4. The molecule has 0 saturated carbocycles. The van der Waals surface area contributed by atoms with Crippen molar-refractivity contribution in [3.05, 3.63) is 40.6 Å². The zero-order chi connectivity index (χ0) is 16.0. The van der Waals surface area contributed by atoms with Gasteiger partial charge in [-0.05, 0) is 19.1 Å². The number of nitrogens with zero attached hydrogens (tertiary/aromatic N) is 2. The van der Waals surface area contributed by atoms with Crippen LogP contribution in [0.4, 0.5) is 14.6 Å². The van der Waals surface area contributed by atoms with Crippen molar-refractivity contribution in [1.29, 1.82) is 0 Å². The minimum atomic E-state index is -0.992. The molecule has 0 aliphatic carbocycles. The van der Waals surface area contributed by atoms with Crippen LogP contribution in [-0.4, -0.2) is 22.8 Å². The third kappa shape index (κ3) is 2.04. The minimum absolute atomic E-state index is 0.0102. The zero-order valence-electron chi connectivity index (χ0n) is 12.4. The van der Waals surface area contributed by atoms with Crippen LogP contribution in [0.3, 0.4) is 0 Å². The van der Waals surface area contributed by atoms with Crippen LogP contribution in [-0.2, 0) is 11.8 Å². The van der Waals surface area contributed by atoms with Crippen LogP contribution < -0.4 is 10.1 Å². The van der Waals surface area contributed by atoms with E-state index < -0.39 is 17.6 Å². The molecule has 0 bridgehead atoms. The van der Waals surface area contributed by atoms with E-state index in [4.69, 9.17) is 4.74 Å². The van der Waals surface area contributed by atoms with Crippen molar-refractivity contribution < 1.29 is 18.3 Å². The van der Waals surface area contributed by atoms with Gasteiger partial charge in [0, 0.05) is 30.5 Å². The molecule has 3 rings (SSSR count). The topological polar surface area (TPSA) is 56.1 Å². The summed E-state index contributed by atoms with van der Waals surface area (Å²) < 4.78 is 34.7. The second kappa shape index (κ2) is 5.08. The maximum atomic E-state index is 14.4. The van der Waals surface area contributed by atoms with Gasteiger partial charge in [0.15, 0.2) is 11.6 Å². The predicted molar refractivity (Wildman–Crippen MR) is 75.9 cm³/mol. The van der Waals surface area contributed by atoms with Gasteiger partial charge in [-0.15, -0.1) is 0 Å². The van der Waals surface area contributed by atoms with Crippen molar-refractivity contribution in [1.82, 2.24) is 9.78 Å². The first-order chi connectivity index (χ1) is 10.4. The highest BCUT2D eigenvalue weighted by Crippen LogP contribution is 2.43. The normalized spacial score (nSPS) is 17.1. The molecule has 1 aromatic heterocycles. The summed E-state index contributed by atoms with van der Waals surface area (Å²) in [6.45, 7) is 1.77. The van der Waals surface area contributed by atoms with Gasteiger partial charge < -0.3 is 10.1 Å². The molecule has 0 saturated heterocycles. The average molecular weight is 307 g/mol. The fourth-order valence-corrected chi connectivity index (χ4v) is 3.01. The summed E-state index contributed by atoms with van der Waals surface area (Å²) in [7, 11) is 3.07. The van der Waals surface area contributed by atoms with Crippen molar-refractivity contribution in [2.45, 2.75) is 19.3 Å². The smallest absolute Gasteiger partial charge is 0.226 e. The third-order valence-electron chi connectivity index (χ3n) is 3.93. The lowest BCUT2D eigenvalue weighted by atomic mass is 9.85. The first-order valence-electron chi connectivity index (χ1n) is 6.79. The van der Waals surface area contributed by atoms with Gasteiger partial charge in [0.05, 0.1) is 12.8 Å². The minimum Gasteiger partial charge on any atom is -0.496 e. The molecule has 1 N–H and O–H groups in total. The van der Waals surface area contributed by atoms with Crippen molar-refractivity contribution in [3.63, 3.8) is 0 Å². The molecule has 2 aromatic rings. The van der Waals surface area contributed by atoms with E-state index in [2.05, 4.69) is 10.4 Å². The number of rotatable bonds is 2. The Morgan fingerprint density at radius 1 is 1.36 bits per heavy atom. The number of hydrogen-bond donors (Lipinski definition) is 1. The Hall–Kier alpha value is -2.44. The number of methoxy groups -OCH3 is 1. The van der Waals surface area contributed by atoms with Crippen LogP contribution >= 0.6 is 0 Å². The number of hydrogen-bond acceptors (Lipinski definition) is 3. The number of ether oxygens (including phenoxy) is 1. The average Bonchev–Trinajstić information content (AvgIpc) is 2.76. The van der Waals surface area contributed by atoms with Gasteiger partial charge in [-0.3, -0.25) is 9.48 Å². The van der Waals surface area contributed by atoms with E-state index in [1.165, 1.54) is 17.9 Å². The fraction of sp³-hybridized carbons (Fsp3) is 0.333. The second-order valence-corrected chi connectivity index (χ2v) is 5.25. The van der Waals surface area contributed by atoms with E-state index in [0.29, 0.717) is 17.1 Å². The van der Waals surface area contributed by atoms with Gasteiger partial charge in [0.2, 0.25) is 5.91 Å². The van der Waals surface area contributed by atoms with Crippen molar-refractivity contribution in [2.24, 2.45) is 7.05 Å². The number of fused-ring (bicyclic) bond motifs is 1. The van der Waals surface area contributed by atoms with Gasteiger partial charge in [0.25, 0.3) is 0 Å². The van der Waals surface area contributed by atoms with E-state index in [0.717, 1.165) is 6.07 Å². The van der Waals surface area contributed by atoms with E-state index in [-0.39, 0.29) is 23.6 Å². The van der Waals surface area contributed by atoms with Crippen LogP contribution in [0.15, 0.2) is 12.1 Å². The molecule has 0 fully saturated rings. The Bertz CT molecular complexity index is 771. The number of carbonyl (C=O) groups excluding carboxylic acids is 1. The summed E-state index contributed by atoms with van der Waals surface area (Å²) in [6.07, 6.45) is 0.0102. The van der Waals surface area contributed by atoms with Gasteiger partial charge >= 0.3 is 0 Å². The Kier molecular flexibility index (Phi) is 3.35. The summed E-state index contributed by atoms with van der Waals surface area (Å²) in [5.74, 6) is -2.15. The molecule has 0 spiro atoms. The van der Waals surface area contributed by atoms with Crippen LogP contribution in [0, 0.1) is 18.6 Å². The molecule has 5 nitrogen and oxygen atoms in total. The molecule has 2 heterocycles. The van der Waals surface area contributed by atoms with Crippen LogP contribution in [0.25, 0.3) is 0 Å². The highest BCUT2D eigenvalue weighted by molar-refractivity contribution is 5.94. The zero-order valence-corrected chi connectivity index (χ0v) is 12.4. The number of nitrogens with one attached hydrogen (secondary N) is 1. The van der Waals surface area contributed by atoms with Crippen LogP contribution in [0.1, 0.15) is 29.2 Å². The molecule has 1 amide bonds. The van der Waals surface area contributed by atoms with Crippen LogP contribution in [0.5, 0.6) is 5.75 Å². The summed E-state index contributed by atoms with van der Waals surface area (Å²) in [5.41, 5.74) is 1.40. The lowest BCUT2D eigenvalue weighted by molar-refractivity contribution is -0.116. The Morgan fingerprint density at radius 2 is 2.09 bits per heavy atom. The SMILES string of the molecule is COc1ccc(F)c(F)c1C1CC(=O)Nc2c1c(C)nn2C. The van der Waals surface area contributed by atoms with Gasteiger partial charge in [0.1, 0.15) is 11.6 Å². The molecule has 1 unspecified atom stereocenters. The summed E-state index contributed by atoms with van der Waals surface area (Å²) >= 11 is 0. The molecule has 7 heteroatoms. The van der Waals surface area contributed by atoms with Gasteiger partial charge in [-0.1, -0.05) is 0 Å². The van der Waals surface area contributed by atoms with E-state index >= 15 is 0 Å². The highest BCUT2D eigenvalue weighted by atomic mass is 19.2. The lowest BCUT2D eigenvalue weighted by Crippen LogP contribution is -2.25. The largest absolute Gasteiger partial charge is 0.496 e. The third-order valence-corrected chi connectivity index (χ3v) is 3.93. The summed E-state index contributed by atoms with van der Waals surface area (Å²) in [5, 5.41) is 6.98. The molecule has 0 radical (unpaired) electrons. The predicted octanol–water partition coefficient (Wildman–Crippen LogP) is 2.49. The summed E-state index contributed by atoms with van der Waals surface area (Å²) in [6, 6.07) is 2.38. The van der Waals surface area contributed by atoms with Gasteiger partial charge in [-0.25, -0.2) is 8.78 Å². The number of carbonyl (C=O) groups is 1. The number of aromatic nitrogens is 2. The summed E-state index contributed by atoms with van der Waals surface area (Å²) in [4.78, 5) is 12.0. The monoisotopic (exact) mass is 307 g/mol. The molecule has 1 aromatic carbocycles. The van der Waals surface area contributed by atoms with Crippen molar-refractivity contribution >= 4 is 11.7 Å². The number of benzene rings is 1. The molecular formula is C15H15F2N3O2. The molecule has 1 aliphatic rings. The quantitative estimate of drug-likeness (QED) is 0.927. The Labute approximate surface area is 125 Å². The Balaban J connectivity index is 2.26. The van der Waals surface area contributed by atoms with Gasteiger partial charge in [-0.2, -0.15) is 5.10 Å².